The molecule has 1 unspecified atom stereocenters. The number of nitrogens with one attached hydrogen (secondary N) is 1. The quantitative estimate of drug-likeness (QED) is 0.156. The maximum Gasteiger partial charge on any atom is 0.337 e. The largest absolute Gasteiger partial charge is 0.466 e. The van der Waals surface area contributed by atoms with Gasteiger partial charge in [0.05, 0.1) is 35.6 Å². The van der Waals surface area contributed by atoms with Crippen molar-refractivity contribution < 1.29 is 28.8 Å². The van der Waals surface area contributed by atoms with Gasteiger partial charge in [0.2, 0.25) is 5.91 Å². The summed E-state index contributed by atoms with van der Waals surface area (Å²) >= 11 is 0. The van der Waals surface area contributed by atoms with E-state index in [4.69, 9.17) is 9.47 Å². The predicted molar refractivity (Wildman–Crippen MR) is 174 cm³/mol. The first-order chi connectivity index (χ1) is 21.8. The van der Waals surface area contributed by atoms with Gasteiger partial charge in [-0.1, -0.05) is 72.8 Å². The highest BCUT2D eigenvalue weighted by atomic mass is 16.6. The maximum absolute atomic E-state index is 14.0. The lowest BCUT2D eigenvalue weighted by atomic mass is 9.80. The van der Waals surface area contributed by atoms with Crippen molar-refractivity contribution in [3.63, 3.8) is 0 Å². The molecule has 10 heteroatoms. The number of nitro benzene ring substituents is 1. The average Bonchev–Trinajstić information content (AvgIpc) is 3.03. The summed E-state index contributed by atoms with van der Waals surface area (Å²) in [6, 6.07) is 25.5. The Labute approximate surface area is 268 Å². The summed E-state index contributed by atoms with van der Waals surface area (Å²) in [6.45, 7) is 6.85. The fourth-order valence-electron chi connectivity index (χ4n) is 5.92. The summed E-state index contributed by atoms with van der Waals surface area (Å²) in [7, 11) is 2.90. The zero-order chi connectivity index (χ0) is 33.6. The summed E-state index contributed by atoms with van der Waals surface area (Å²) in [5.74, 6) is -2.69. The van der Waals surface area contributed by atoms with Crippen molar-refractivity contribution in [1.29, 1.82) is 0 Å². The first kappa shape index (κ1) is 33.6. The van der Waals surface area contributed by atoms with Crippen LogP contribution in [0.2, 0.25) is 0 Å². The summed E-state index contributed by atoms with van der Waals surface area (Å²) < 4.78 is 11.1. The fourth-order valence-corrected chi connectivity index (χ4v) is 5.92. The summed E-state index contributed by atoms with van der Waals surface area (Å²) in [5, 5.41) is 14.6. The van der Waals surface area contributed by atoms with Crippen LogP contribution in [0.4, 0.5) is 5.69 Å². The van der Waals surface area contributed by atoms with Gasteiger partial charge in [-0.25, -0.2) is 9.59 Å². The van der Waals surface area contributed by atoms with E-state index in [9.17, 15) is 24.5 Å². The highest BCUT2D eigenvalue weighted by molar-refractivity contribution is 6.00. The second-order valence-electron chi connectivity index (χ2n) is 12.0. The number of nitrogens with zero attached hydrogens (tertiary/aromatic N) is 2. The highest BCUT2D eigenvalue weighted by Crippen LogP contribution is 2.40. The van der Waals surface area contributed by atoms with Crippen LogP contribution in [0.5, 0.6) is 0 Å². The number of allylic oxidation sites excluding steroid dienone is 2. The minimum atomic E-state index is -1.14. The van der Waals surface area contributed by atoms with Gasteiger partial charge in [0.25, 0.3) is 5.69 Å². The van der Waals surface area contributed by atoms with Gasteiger partial charge in [0.15, 0.2) is 0 Å². The van der Waals surface area contributed by atoms with E-state index in [1.165, 1.54) is 25.3 Å². The van der Waals surface area contributed by atoms with E-state index in [0.717, 1.165) is 11.1 Å². The standard InChI is InChI=1S/C36H39N3O7/c1-23-31(34(41)45-6)33(27-18-13-19-28(20-27)39(43)44)32(24(2)37-23)35(42)46-36(3,4)22-38(5)30(40)21-29(25-14-9-7-10-15-25)26-16-11-8-12-17-26/h7-20,29,33,37H,21-22H2,1-6H3. The summed E-state index contributed by atoms with van der Waals surface area (Å²) in [4.78, 5) is 53.1. The molecule has 1 aliphatic rings. The summed E-state index contributed by atoms with van der Waals surface area (Å²) in [6.07, 6.45) is 0.212. The number of hydrogen-bond acceptors (Lipinski definition) is 8. The number of likely N-dealkylation sites (N-methyl/N-ethyl adjacent to an activating group) is 1. The molecule has 1 amide bonds. The smallest absolute Gasteiger partial charge is 0.337 e. The second kappa shape index (κ2) is 14.2. The van der Waals surface area contributed by atoms with Crippen molar-refractivity contribution in [3.05, 3.63) is 134 Å². The average molecular weight is 626 g/mol. The lowest BCUT2D eigenvalue weighted by Gasteiger charge is -2.34. The number of methoxy groups -OCH3 is 1. The van der Waals surface area contributed by atoms with E-state index in [2.05, 4.69) is 5.32 Å². The van der Waals surface area contributed by atoms with E-state index in [1.54, 1.807) is 45.7 Å². The molecule has 0 saturated carbocycles. The van der Waals surface area contributed by atoms with Crippen LogP contribution in [0.25, 0.3) is 0 Å². The van der Waals surface area contributed by atoms with Crippen molar-refractivity contribution in [2.45, 2.75) is 51.6 Å². The second-order valence-corrected chi connectivity index (χ2v) is 12.0. The van der Waals surface area contributed by atoms with Gasteiger partial charge in [-0.15, -0.1) is 0 Å². The summed E-state index contributed by atoms with van der Waals surface area (Å²) in [5.41, 5.74) is 2.20. The first-order valence-corrected chi connectivity index (χ1v) is 14.9. The third-order valence-electron chi connectivity index (χ3n) is 8.00. The van der Waals surface area contributed by atoms with Crippen LogP contribution in [-0.4, -0.2) is 54.0 Å². The number of hydrogen-bond donors (Lipinski definition) is 1. The Balaban J connectivity index is 1.58. The maximum atomic E-state index is 14.0. The molecule has 46 heavy (non-hydrogen) atoms. The van der Waals surface area contributed by atoms with E-state index < -0.39 is 28.4 Å². The van der Waals surface area contributed by atoms with Crippen molar-refractivity contribution in [3.8, 4) is 0 Å². The molecule has 0 radical (unpaired) electrons. The van der Waals surface area contributed by atoms with Crippen LogP contribution in [0.1, 0.15) is 62.6 Å². The molecule has 1 N–H and O–H groups in total. The Bertz CT molecular complexity index is 1640. The van der Waals surface area contributed by atoms with Crippen molar-refractivity contribution >= 4 is 23.5 Å². The van der Waals surface area contributed by atoms with Crippen LogP contribution >= 0.6 is 0 Å². The molecular weight excluding hydrogens is 586 g/mol. The molecule has 0 bridgehead atoms. The SMILES string of the molecule is COC(=O)C1=C(C)NC(C)=C(C(=O)OC(C)(C)CN(C)C(=O)CC(c2ccccc2)c2ccccc2)C1c1cccc([N+](=O)[O-])c1. The molecule has 0 aliphatic carbocycles. The van der Waals surface area contributed by atoms with E-state index in [0.29, 0.717) is 17.0 Å². The Morgan fingerprint density at radius 1 is 0.891 bits per heavy atom. The number of benzene rings is 3. The van der Waals surface area contributed by atoms with Gasteiger partial charge in [-0.2, -0.15) is 0 Å². The first-order valence-electron chi connectivity index (χ1n) is 14.9. The molecule has 4 rings (SSSR count). The molecule has 3 aromatic carbocycles. The number of rotatable bonds is 11. The van der Waals surface area contributed by atoms with Gasteiger partial charge in [0, 0.05) is 42.9 Å². The number of esters is 2. The Hall–Kier alpha value is -5.25. The van der Waals surface area contributed by atoms with Gasteiger partial charge in [0.1, 0.15) is 5.60 Å². The van der Waals surface area contributed by atoms with Gasteiger partial charge >= 0.3 is 11.9 Å². The van der Waals surface area contributed by atoms with Crippen molar-refractivity contribution in [2.75, 3.05) is 20.7 Å². The topological polar surface area (TPSA) is 128 Å². The van der Waals surface area contributed by atoms with Crippen molar-refractivity contribution in [2.24, 2.45) is 0 Å². The molecule has 1 heterocycles. The Morgan fingerprint density at radius 2 is 1.43 bits per heavy atom. The number of carbonyl (C=O) groups excluding carboxylic acids is 3. The van der Waals surface area contributed by atoms with Crippen molar-refractivity contribution in [1.82, 2.24) is 10.2 Å². The van der Waals surface area contributed by atoms with Gasteiger partial charge < -0.3 is 19.7 Å². The molecule has 1 aliphatic heterocycles. The number of ether oxygens (including phenoxy) is 2. The third kappa shape index (κ3) is 7.69. The number of dihydropyridines is 1. The lowest BCUT2D eigenvalue weighted by Crippen LogP contribution is -2.44. The van der Waals surface area contributed by atoms with Crippen LogP contribution in [0.15, 0.2) is 107 Å². The normalized spacial score (nSPS) is 14.9. The fraction of sp³-hybridized carbons (Fsp3) is 0.306. The van der Waals surface area contributed by atoms with E-state index in [-0.39, 0.29) is 41.6 Å². The molecule has 3 aromatic rings. The van der Waals surface area contributed by atoms with Crippen LogP contribution < -0.4 is 5.32 Å². The molecule has 0 spiro atoms. The predicted octanol–water partition coefficient (Wildman–Crippen LogP) is 6.01. The zero-order valence-corrected chi connectivity index (χ0v) is 26.9. The lowest BCUT2D eigenvalue weighted by molar-refractivity contribution is -0.384. The monoisotopic (exact) mass is 625 g/mol. The number of nitro groups is 1. The molecule has 10 nitrogen and oxygen atoms in total. The highest BCUT2D eigenvalue weighted by Gasteiger charge is 2.40. The van der Waals surface area contributed by atoms with Gasteiger partial charge in [-0.05, 0) is 44.4 Å². The minimum Gasteiger partial charge on any atom is -0.466 e. The molecule has 1 atom stereocenters. The third-order valence-corrected chi connectivity index (χ3v) is 8.00. The van der Waals surface area contributed by atoms with E-state index in [1.807, 2.05) is 60.7 Å². The van der Waals surface area contributed by atoms with E-state index >= 15 is 0 Å². The van der Waals surface area contributed by atoms with Crippen LogP contribution in [0, 0.1) is 10.1 Å². The molecule has 240 valence electrons. The minimum absolute atomic E-state index is 0.0911. The number of carbonyl (C=O) groups is 3. The number of amides is 1. The molecule has 0 fully saturated rings. The van der Waals surface area contributed by atoms with Crippen LogP contribution in [-0.2, 0) is 23.9 Å². The van der Waals surface area contributed by atoms with Crippen LogP contribution in [0.3, 0.4) is 0 Å². The Kier molecular flexibility index (Phi) is 10.4. The Morgan fingerprint density at radius 3 is 1.96 bits per heavy atom. The van der Waals surface area contributed by atoms with Gasteiger partial charge in [-0.3, -0.25) is 14.9 Å². The number of non-ortho nitro benzene ring substituents is 1. The molecular formula is C36H39N3O7. The zero-order valence-electron chi connectivity index (χ0n) is 26.9. The molecule has 0 saturated heterocycles. The molecule has 0 aromatic heterocycles.